The molecule has 2 N–H and O–H groups in total. The molecule has 2 heterocycles. The van der Waals surface area contributed by atoms with Gasteiger partial charge in [0.25, 0.3) is 0 Å². The molecule has 0 amide bonds. The third-order valence-corrected chi connectivity index (χ3v) is 3.81. The summed E-state index contributed by atoms with van der Waals surface area (Å²) in [6.07, 6.45) is 4.26. The van der Waals surface area contributed by atoms with E-state index in [-0.39, 0.29) is 0 Å². The Balaban J connectivity index is 2.06. The topological polar surface area (TPSA) is 42.4 Å². The summed E-state index contributed by atoms with van der Waals surface area (Å²) < 4.78 is 5.49. The molecule has 1 aliphatic rings. The summed E-state index contributed by atoms with van der Waals surface area (Å²) in [7, 11) is 0. The summed E-state index contributed by atoms with van der Waals surface area (Å²) in [5.41, 5.74) is 5.78. The van der Waals surface area contributed by atoms with Crippen LogP contribution in [0.2, 0.25) is 0 Å². The van der Waals surface area contributed by atoms with Crippen molar-refractivity contribution in [2.75, 3.05) is 13.1 Å². The molecule has 1 aromatic rings. The Hall–Kier alpha value is -0.800. The molecule has 1 aromatic heterocycles. The van der Waals surface area contributed by atoms with Crippen LogP contribution in [-0.2, 0) is 0 Å². The van der Waals surface area contributed by atoms with Gasteiger partial charge in [0.05, 0.1) is 12.3 Å². The van der Waals surface area contributed by atoms with Crippen molar-refractivity contribution in [1.82, 2.24) is 4.90 Å². The van der Waals surface area contributed by atoms with Gasteiger partial charge in [-0.2, -0.15) is 0 Å². The molecule has 1 fully saturated rings. The summed E-state index contributed by atoms with van der Waals surface area (Å²) >= 11 is 0. The lowest BCUT2D eigenvalue weighted by Crippen LogP contribution is -2.44. The van der Waals surface area contributed by atoms with E-state index in [1.165, 1.54) is 12.8 Å². The van der Waals surface area contributed by atoms with E-state index in [0.717, 1.165) is 18.8 Å². The smallest absolute Gasteiger partial charge is 0.120 e. The van der Waals surface area contributed by atoms with Gasteiger partial charge in [0, 0.05) is 12.6 Å². The standard InChI is InChI=1S/C13H22N2O/c1-10-5-6-12(8-14)9-15(10)11(2)13-4-3-7-16-13/h3-4,7,10-12H,5-6,8-9,14H2,1-2H3. The van der Waals surface area contributed by atoms with Crippen molar-refractivity contribution in [3.05, 3.63) is 24.2 Å². The average Bonchev–Trinajstić information content (AvgIpc) is 2.82. The number of hydrogen-bond donors (Lipinski definition) is 1. The van der Waals surface area contributed by atoms with E-state index >= 15 is 0 Å². The Labute approximate surface area is 97.6 Å². The number of nitrogens with two attached hydrogens (primary N) is 1. The van der Waals surface area contributed by atoms with Crippen LogP contribution < -0.4 is 5.73 Å². The number of furan rings is 1. The first kappa shape index (κ1) is 11.7. The highest BCUT2D eigenvalue weighted by Gasteiger charge is 2.29. The first-order chi connectivity index (χ1) is 7.72. The first-order valence-corrected chi connectivity index (χ1v) is 6.21. The molecule has 0 saturated carbocycles. The van der Waals surface area contributed by atoms with Gasteiger partial charge in [0.15, 0.2) is 0 Å². The second kappa shape index (κ2) is 5.02. The second-order valence-electron chi connectivity index (χ2n) is 4.92. The Morgan fingerprint density at radius 3 is 3.00 bits per heavy atom. The van der Waals surface area contributed by atoms with Crippen molar-refractivity contribution in [1.29, 1.82) is 0 Å². The highest BCUT2D eigenvalue weighted by atomic mass is 16.3. The lowest BCUT2D eigenvalue weighted by Gasteiger charge is -2.40. The van der Waals surface area contributed by atoms with E-state index in [1.807, 2.05) is 6.07 Å². The van der Waals surface area contributed by atoms with Crippen LogP contribution in [0.5, 0.6) is 0 Å². The Morgan fingerprint density at radius 2 is 2.38 bits per heavy atom. The van der Waals surface area contributed by atoms with Gasteiger partial charge in [-0.3, -0.25) is 4.90 Å². The highest BCUT2D eigenvalue weighted by Crippen LogP contribution is 2.30. The maximum absolute atomic E-state index is 5.78. The zero-order valence-corrected chi connectivity index (χ0v) is 10.2. The van der Waals surface area contributed by atoms with Gasteiger partial charge in [-0.05, 0) is 51.3 Å². The Bertz CT molecular complexity index is 310. The molecule has 1 saturated heterocycles. The summed E-state index contributed by atoms with van der Waals surface area (Å²) in [6.45, 7) is 6.41. The van der Waals surface area contributed by atoms with E-state index in [2.05, 4.69) is 24.8 Å². The second-order valence-corrected chi connectivity index (χ2v) is 4.92. The summed E-state index contributed by atoms with van der Waals surface area (Å²) in [6, 6.07) is 5.01. The van der Waals surface area contributed by atoms with Crippen LogP contribution in [0, 0.1) is 5.92 Å². The predicted molar refractivity (Wildman–Crippen MR) is 65.1 cm³/mol. The Kier molecular flexibility index (Phi) is 3.66. The van der Waals surface area contributed by atoms with Crippen LogP contribution in [0.15, 0.2) is 22.8 Å². The number of nitrogens with zero attached hydrogens (tertiary/aromatic N) is 1. The molecular formula is C13H22N2O. The maximum Gasteiger partial charge on any atom is 0.120 e. The number of rotatable bonds is 3. The number of piperidine rings is 1. The van der Waals surface area contributed by atoms with Gasteiger partial charge in [-0.25, -0.2) is 0 Å². The minimum atomic E-state index is 0.361. The Morgan fingerprint density at radius 1 is 1.56 bits per heavy atom. The van der Waals surface area contributed by atoms with Crippen molar-refractivity contribution < 1.29 is 4.42 Å². The summed E-state index contributed by atoms with van der Waals surface area (Å²) in [4.78, 5) is 2.51. The van der Waals surface area contributed by atoms with E-state index in [1.54, 1.807) is 6.26 Å². The van der Waals surface area contributed by atoms with Crippen LogP contribution in [0.3, 0.4) is 0 Å². The van der Waals surface area contributed by atoms with E-state index in [4.69, 9.17) is 10.2 Å². The maximum atomic E-state index is 5.78. The minimum Gasteiger partial charge on any atom is -0.468 e. The quantitative estimate of drug-likeness (QED) is 0.854. The zero-order valence-electron chi connectivity index (χ0n) is 10.2. The molecule has 1 aliphatic heterocycles. The summed E-state index contributed by atoms with van der Waals surface area (Å²) in [5, 5.41) is 0. The molecule has 3 atom stereocenters. The number of hydrogen-bond acceptors (Lipinski definition) is 3. The molecule has 0 aliphatic carbocycles. The third-order valence-electron chi connectivity index (χ3n) is 3.81. The molecule has 3 heteroatoms. The fourth-order valence-corrected chi connectivity index (χ4v) is 2.64. The van der Waals surface area contributed by atoms with E-state index in [0.29, 0.717) is 18.0 Å². The van der Waals surface area contributed by atoms with Crippen molar-refractivity contribution in [2.45, 2.75) is 38.8 Å². The molecule has 0 bridgehead atoms. The molecule has 2 rings (SSSR count). The van der Waals surface area contributed by atoms with Crippen molar-refractivity contribution in [3.63, 3.8) is 0 Å². The van der Waals surface area contributed by atoms with Gasteiger partial charge in [-0.1, -0.05) is 0 Å². The van der Waals surface area contributed by atoms with Gasteiger partial charge < -0.3 is 10.2 Å². The van der Waals surface area contributed by atoms with Crippen LogP contribution in [0.25, 0.3) is 0 Å². The van der Waals surface area contributed by atoms with Gasteiger partial charge in [0.1, 0.15) is 5.76 Å². The lowest BCUT2D eigenvalue weighted by atomic mass is 9.92. The molecule has 3 unspecified atom stereocenters. The van der Waals surface area contributed by atoms with Gasteiger partial charge in [-0.15, -0.1) is 0 Å². The lowest BCUT2D eigenvalue weighted by molar-refractivity contribution is 0.0714. The number of likely N-dealkylation sites (tertiary alicyclic amines) is 1. The van der Waals surface area contributed by atoms with Crippen molar-refractivity contribution in [2.24, 2.45) is 11.7 Å². The van der Waals surface area contributed by atoms with Crippen LogP contribution in [0.1, 0.15) is 38.5 Å². The normalized spacial score (nSPS) is 29.2. The average molecular weight is 222 g/mol. The van der Waals surface area contributed by atoms with Crippen LogP contribution in [-0.4, -0.2) is 24.0 Å². The molecule has 0 radical (unpaired) electrons. The SMILES string of the molecule is CC1CCC(CN)CN1C(C)c1ccco1. The predicted octanol–water partition coefficient (Wildman–Crippen LogP) is 2.40. The molecule has 0 spiro atoms. The third kappa shape index (κ3) is 2.30. The zero-order chi connectivity index (χ0) is 11.5. The van der Waals surface area contributed by atoms with E-state index in [9.17, 15) is 0 Å². The van der Waals surface area contributed by atoms with Gasteiger partial charge in [0.2, 0.25) is 0 Å². The fourth-order valence-electron chi connectivity index (χ4n) is 2.64. The molecule has 0 aromatic carbocycles. The van der Waals surface area contributed by atoms with Crippen LogP contribution >= 0.6 is 0 Å². The van der Waals surface area contributed by atoms with Crippen molar-refractivity contribution >= 4 is 0 Å². The van der Waals surface area contributed by atoms with Crippen molar-refractivity contribution in [3.8, 4) is 0 Å². The highest BCUT2D eigenvalue weighted by molar-refractivity contribution is 5.04. The largest absolute Gasteiger partial charge is 0.468 e. The minimum absolute atomic E-state index is 0.361. The van der Waals surface area contributed by atoms with E-state index < -0.39 is 0 Å². The molecule has 90 valence electrons. The monoisotopic (exact) mass is 222 g/mol. The first-order valence-electron chi connectivity index (χ1n) is 6.21. The fraction of sp³-hybridized carbons (Fsp3) is 0.692. The molecule has 16 heavy (non-hydrogen) atoms. The summed E-state index contributed by atoms with van der Waals surface area (Å²) in [5.74, 6) is 1.71. The van der Waals surface area contributed by atoms with Gasteiger partial charge >= 0.3 is 0 Å². The molecule has 3 nitrogen and oxygen atoms in total. The van der Waals surface area contributed by atoms with Crippen LogP contribution in [0.4, 0.5) is 0 Å². The molecular weight excluding hydrogens is 200 g/mol.